The average molecular weight is 241 g/mol. The van der Waals surface area contributed by atoms with Crippen LogP contribution in [0.5, 0.6) is 5.75 Å². The molecule has 1 aromatic carbocycles. The van der Waals surface area contributed by atoms with Gasteiger partial charge in [0.05, 0.1) is 11.5 Å². The second-order valence-corrected chi connectivity index (χ2v) is 4.83. The van der Waals surface area contributed by atoms with Crippen molar-refractivity contribution in [3.05, 3.63) is 29.8 Å². The third-order valence-corrected chi connectivity index (χ3v) is 3.21. The Labute approximate surface area is 99.8 Å². The zero-order chi connectivity index (χ0) is 12.7. The van der Waals surface area contributed by atoms with E-state index >= 15 is 0 Å². The van der Waals surface area contributed by atoms with E-state index in [-0.39, 0.29) is 19.1 Å². The highest BCUT2D eigenvalue weighted by Crippen LogP contribution is 2.62. The minimum atomic E-state index is -2.71. The lowest BCUT2D eigenvalue weighted by atomic mass is 9.94. The molecule has 1 aliphatic rings. The summed E-state index contributed by atoms with van der Waals surface area (Å²) < 4.78 is 32.6. The summed E-state index contributed by atoms with van der Waals surface area (Å²) >= 11 is 0. The SMILES string of the molecule is CC(C)Oc1ccccc1C1(CN)CC1(F)F. The monoisotopic (exact) mass is 241 g/mol. The standard InChI is InChI=1S/C13H17F2NO/c1-9(2)17-11-6-4-3-5-10(11)12(8-16)7-13(12,14)15/h3-6,9H,7-8,16H2,1-2H3. The summed E-state index contributed by atoms with van der Waals surface area (Å²) in [6.45, 7) is 3.69. The first-order chi connectivity index (χ1) is 7.93. The molecule has 0 aliphatic heterocycles. The van der Waals surface area contributed by atoms with E-state index in [4.69, 9.17) is 10.5 Å². The van der Waals surface area contributed by atoms with Gasteiger partial charge in [-0.1, -0.05) is 18.2 Å². The first kappa shape index (κ1) is 12.3. The van der Waals surface area contributed by atoms with E-state index in [0.29, 0.717) is 11.3 Å². The Morgan fingerprint density at radius 3 is 2.41 bits per heavy atom. The van der Waals surface area contributed by atoms with Crippen LogP contribution in [0, 0.1) is 0 Å². The maximum Gasteiger partial charge on any atom is 0.260 e. The van der Waals surface area contributed by atoms with Gasteiger partial charge < -0.3 is 10.5 Å². The van der Waals surface area contributed by atoms with Gasteiger partial charge in [0.25, 0.3) is 5.92 Å². The molecule has 1 unspecified atom stereocenters. The Kier molecular flexibility index (Phi) is 2.86. The molecule has 0 aromatic heterocycles. The van der Waals surface area contributed by atoms with Gasteiger partial charge >= 0.3 is 0 Å². The zero-order valence-electron chi connectivity index (χ0n) is 10.0. The van der Waals surface area contributed by atoms with Crippen molar-refractivity contribution in [1.82, 2.24) is 0 Å². The highest BCUT2D eigenvalue weighted by Gasteiger charge is 2.71. The van der Waals surface area contributed by atoms with E-state index in [9.17, 15) is 8.78 Å². The van der Waals surface area contributed by atoms with Crippen molar-refractivity contribution >= 4 is 0 Å². The Balaban J connectivity index is 2.39. The summed E-state index contributed by atoms with van der Waals surface area (Å²) in [5, 5.41) is 0. The second kappa shape index (κ2) is 3.95. The summed E-state index contributed by atoms with van der Waals surface area (Å²) in [6, 6.07) is 6.94. The molecule has 4 heteroatoms. The molecule has 0 amide bonds. The number of hydrogen-bond acceptors (Lipinski definition) is 2. The maximum atomic E-state index is 13.5. The fraction of sp³-hybridized carbons (Fsp3) is 0.538. The van der Waals surface area contributed by atoms with Crippen LogP contribution in [0.3, 0.4) is 0 Å². The third kappa shape index (κ3) is 1.90. The minimum absolute atomic E-state index is 0.0432. The van der Waals surface area contributed by atoms with Crippen molar-refractivity contribution in [3.63, 3.8) is 0 Å². The largest absolute Gasteiger partial charge is 0.491 e. The molecule has 1 saturated carbocycles. The van der Waals surface area contributed by atoms with E-state index in [2.05, 4.69) is 0 Å². The Bertz CT molecular complexity index is 420. The van der Waals surface area contributed by atoms with E-state index in [1.165, 1.54) is 0 Å². The second-order valence-electron chi connectivity index (χ2n) is 4.83. The van der Waals surface area contributed by atoms with Crippen molar-refractivity contribution in [2.75, 3.05) is 6.54 Å². The summed E-state index contributed by atoms with van der Waals surface area (Å²) in [6.07, 6.45) is -0.229. The molecule has 0 radical (unpaired) electrons. The number of para-hydroxylation sites is 1. The summed E-state index contributed by atoms with van der Waals surface area (Å²) in [4.78, 5) is 0. The van der Waals surface area contributed by atoms with Crippen LogP contribution in [0.4, 0.5) is 8.78 Å². The van der Waals surface area contributed by atoms with Crippen LogP contribution in [-0.2, 0) is 5.41 Å². The van der Waals surface area contributed by atoms with Crippen LogP contribution in [0.15, 0.2) is 24.3 Å². The average Bonchev–Trinajstić information content (AvgIpc) is 2.82. The molecule has 2 nitrogen and oxygen atoms in total. The molecule has 17 heavy (non-hydrogen) atoms. The predicted octanol–water partition coefficient (Wildman–Crippen LogP) is 2.71. The van der Waals surface area contributed by atoms with Gasteiger partial charge in [0, 0.05) is 18.5 Å². The van der Waals surface area contributed by atoms with Crippen LogP contribution < -0.4 is 10.5 Å². The molecule has 0 spiro atoms. The number of ether oxygens (including phenoxy) is 1. The number of alkyl halides is 2. The molecular weight excluding hydrogens is 224 g/mol. The Morgan fingerprint density at radius 1 is 1.35 bits per heavy atom. The fourth-order valence-corrected chi connectivity index (χ4v) is 2.18. The van der Waals surface area contributed by atoms with E-state index in [0.717, 1.165) is 0 Å². The lowest BCUT2D eigenvalue weighted by molar-refractivity contribution is 0.0882. The number of rotatable bonds is 4. The van der Waals surface area contributed by atoms with Crippen molar-refractivity contribution < 1.29 is 13.5 Å². The predicted molar refractivity (Wildman–Crippen MR) is 62.5 cm³/mol. The summed E-state index contributed by atoms with van der Waals surface area (Å²) in [5.41, 5.74) is 4.85. The number of nitrogens with two attached hydrogens (primary N) is 1. The van der Waals surface area contributed by atoms with Gasteiger partial charge in [0.15, 0.2) is 0 Å². The van der Waals surface area contributed by atoms with Gasteiger partial charge in [0.2, 0.25) is 0 Å². The quantitative estimate of drug-likeness (QED) is 0.879. The molecule has 2 rings (SSSR count). The topological polar surface area (TPSA) is 35.2 Å². The molecule has 1 aliphatic carbocycles. The Hall–Kier alpha value is -1.16. The summed E-state index contributed by atoms with van der Waals surface area (Å²) in [5.74, 6) is -2.19. The smallest absolute Gasteiger partial charge is 0.260 e. The normalized spacial score (nSPS) is 26.0. The first-order valence-corrected chi connectivity index (χ1v) is 5.77. The van der Waals surface area contributed by atoms with Crippen LogP contribution in [0.1, 0.15) is 25.8 Å². The van der Waals surface area contributed by atoms with Gasteiger partial charge in [-0.2, -0.15) is 0 Å². The number of hydrogen-bond donors (Lipinski definition) is 1. The minimum Gasteiger partial charge on any atom is -0.491 e. The van der Waals surface area contributed by atoms with Gasteiger partial charge in [-0.3, -0.25) is 0 Å². The van der Waals surface area contributed by atoms with E-state index in [1.807, 2.05) is 13.8 Å². The summed E-state index contributed by atoms with van der Waals surface area (Å²) in [7, 11) is 0. The van der Waals surface area contributed by atoms with Crippen molar-refractivity contribution in [2.45, 2.75) is 37.7 Å². The van der Waals surface area contributed by atoms with Gasteiger partial charge in [-0.15, -0.1) is 0 Å². The first-order valence-electron chi connectivity index (χ1n) is 5.77. The molecule has 0 saturated heterocycles. The molecule has 94 valence electrons. The zero-order valence-corrected chi connectivity index (χ0v) is 10.0. The van der Waals surface area contributed by atoms with Gasteiger partial charge in [-0.25, -0.2) is 8.78 Å². The molecule has 1 atom stereocenters. The molecular formula is C13H17F2NO. The van der Waals surface area contributed by atoms with Crippen molar-refractivity contribution in [2.24, 2.45) is 5.73 Å². The number of halogens is 2. The van der Waals surface area contributed by atoms with Gasteiger partial charge in [-0.05, 0) is 19.9 Å². The highest BCUT2D eigenvalue weighted by atomic mass is 19.3. The lowest BCUT2D eigenvalue weighted by Crippen LogP contribution is -2.27. The van der Waals surface area contributed by atoms with Crippen LogP contribution in [0.2, 0.25) is 0 Å². The van der Waals surface area contributed by atoms with Crippen molar-refractivity contribution in [3.8, 4) is 5.75 Å². The van der Waals surface area contributed by atoms with Gasteiger partial charge in [0.1, 0.15) is 5.75 Å². The molecule has 2 N–H and O–H groups in total. The fourth-order valence-electron chi connectivity index (χ4n) is 2.18. The van der Waals surface area contributed by atoms with Crippen LogP contribution >= 0.6 is 0 Å². The van der Waals surface area contributed by atoms with E-state index in [1.54, 1.807) is 24.3 Å². The van der Waals surface area contributed by atoms with Crippen LogP contribution in [-0.4, -0.2) is 18.6 Å². The van der Waals surface area contributed by atoms with E-state index < -0.39 is 11.3 Å². The molecule has 0 heterocycles. The molecule has 1 fully saturated rings. The third-order valence-electron chi connectivity index (χ3n) is 3.21. The van der Waals surface area contributed by atoms with Crippen molar-refractivity contribution in [1.29, 1.82) is 0 Å². The molecule has 0 bridgehead atoms. The lowest BCUT2D eigenvalue weighted by Gasteiger charge is -2.20. The van der Waals surface area contributed by atoms with Crippen LogP contribution in [0.25, 0.3) is 0 Å². The number of benzene rings is 1. The Morgan fingerprint density at radius 2 is 1.94 bits per heavy atom. The molecule has 1 aromatic rings. The maximum absolute atomic E-state index is 13.5. The highest BCUT2D eigenvalue weighted by molar-refractivity contribution is 5.47.